The highest BCUT2D eigenvalue weighted by atomic mass is 35.5. The standard InChI is InChI=1S/C15H20ClN3O2.ClH/c1-19(2)15(21)12-8-11(5-6-13(12)16)18-14(20)10-4-3-7-17-9-10;/h5-6,8,10,17H,3-4,7,9H2,1-2H3,(H,18,20);1H/t10-;/m1./s1. The van der Waals surface area contributed by atoms with Crippen LogP contribution in [0.1, 0.15) is 23.2 Å². The maximum Gasteiger partial charge on any atom is 0.254 e. The molecule has 0 radical (unpaired) electrons. The highest BCUT2D eigenvalue weighted by Gasteiger charge is 2.21. The Bertz CT molecular complexity index is 544. The number of nitrogens with one attached hydrogen (secondary N) is 2. The summed E-state index contributed by atoms with van der Waals surface area (Å²) in [6.07, 6.45) is 1.89. The molecule has 5 nitrogen and oxygen atoms in total. The average molecular weight is 346 g/mol. The smallest absolute Gasteiger partial charge is 0.254 e. The summed E-state index contributed by atoms with van der Waals surface area (Å²) in [6, 6.07) is 4.97. The topological polar surface area (TPSA) is 61.4 Å². The molecule has 1 aromatic rings. The molecule has 0 bridgehead atoms. The Morgan fingerprint density at radius 2 is 2.09 bits per heavy atom. The molecule has 2 N–H and O–H groups in total. The van der Waals surface area contributed by atoms with Crippen LogP contribution in [0.5, 0.6) is 0 Å². The number of benzene rings is 1. The van der Waals surface area contributed by atoms with Crippen molar-refractivity contribution in [1.29, 1.82) is 0 Å². The van der Waals surface area contributed by atoms with Gasteiger partial charge >= 0.3 is 0 Å². The summed E-state index contributed by atoms with van der Waals surface area (Å²) in [4.78, 5) is 25.7. The van der Waals surface area contributed by atoms with Gasteiger partial charge in [0.15, 0.2) is 0 Å². The van der Waals surface area contributed by atoms with Crippen LogP contribution >= 0.6 is 24.0 Å². The number of rotatable bonds is 3. The highest BCUT2D eigenvalue weighted by molar-refractivity contribution is 6.34. The lowest BCUT2D eigenvalue weighted by atomic mass is 9.98. The van der Waals surface area contributed by atoms with E-state index in [9.17, 15) is 9.59 Å². The van der Waals surface area contributed by atoms with E-state index in [0.717, 1.165) is 19.4 Å². The van der Waals surface area contributed by atoms with E-state index in [1.165, 1.54) is 4.90 Å². The van der Waals surface area contributed by atoms with Crippen molar-refractivity contribution in [3.05, 3.63) is 28.8 Å². The molecule has 0 unspecified atom stereocenters. The first-order valence-corrected chi connectivity index (χ1v) is 7.39. The minimum Gasteiger partial charge on any atom is -0.345 e. The van der Waals surface area contributed by atoms with Crippen LogP contribution in [0.2, 0.25) is 5.02 Å². The van der Waals surface area contributed by atoms with E-state index in [0.29, 0.717) is 22.8 Å². The van der Waals surface area contributed by atoms with Crippen LogP contribution in [0, 0.1) is 5.92 Å². The fourth-order valence-electron chi connectivity index (χ4n) is 2.33. The maximum absolute atomic E-state index is 12.2. The van der Waals surface area contributed by atoms with Crippen LogP contribution in [0.3, 0.4) is 0 Å². The van der Waals surface area contributed by atoms with Gasteiger partial charge in [0.1, 0.15) is 0 Å². The minimum absolute atomic E-state index is 0. The van der Waals surface area contributed by atoms with Crippen molar-refractivity contribution in [1.82, 2.24) is 10.2 Å². The second-order valence-corrected chi connectivity index (χ2v) is 5.83. The molecule has 1 atom stereocenters. The predicted molar refractivity (Wildman–Crippen MR) is 90.9 cm³/mol. The van der Waals surface area contributed by atoms with Gasteiger partial charge in [-0.1, -0.05) is 11.6 Å². The molecule has 1 aromatic carbocycles. The van der Waals surface area contributed by atoms with E-state index in [2.05, 4.69) is 10.6 Å². The van der Waals surface area contributed by atoms with Crippen LogP contribution < -0.4 is 10.6 Å². The van der Waals surface area contributed by atoms with Crippen molar-refractivity contribution >= 4 is 41.5 Å². The first-order chi connectivity index (χ1) is 9.99. The Morgan fingerprint density at radius 3 is 2.68 bits per heavy atom. The van der Waals surface area contributed by atoms with Gasteiger partial charge in [0.25, 0.3) is 5.91 Å². The maximum atomic E-state index is 12.2. The van der Waals surface area contributed by atoms with Crippen molar-refractivity contribution in [3.8, 4) is 0 Å². The molecule has 2 rings (SSSR count). The molecule has 0 aromatic heterocycles. The van der Waals surface area contributed by atoms with Crippen LogP contribution in [-0.4, -0.2) is 43.9 Å². The van der Waals surface area contributed by atoms with Gasteiger partial charge in [0.2, 0.25) is 5.91 Å². The van der Waals surface area contributed by atoms with Crippen molar-refractivity contribution < 1.29 is 9.59 Å². The van der Waals surface area contributed by atoms with Crippen molar-refractivity contribution in [3.63, 3.8) is 0 Å². The van der Waals surface area contributed by atoms with E-state index in [1.807, 2.05) is 0 Å². The van der Waals surface area contributed by atoms with Gasteiger partial charge < -0.3 is 15.5 Å². The Kier molecular flexibility index (Phi) is 7.13. The monoisotopic (exact) mass is 345 g/mol. The molecule has 1 heterocycles. The number of piperidine rings is 1. The van der Waals surface area contributed by atoms with Crippen LogP contribution in [0.25, 0.3) is 0 Å². The third-order valence-electron chi connectivity index (χ3n) is 3.54. The molecular weight excluding hydrogens is 325 g/mol. The highest BCUT2D eigenvalue weighted by Crippen LogP contribution is 2.22. The molecule has 0 spiro atoms. The minimum atomic E-state index is -0.185. The predicted octanol–water partition coefficient (Wildman–Crippen LogP) is 2.40. The number of carbonyl (C=O) groups excluding carboxylic acids is 2. The van der Waals surface area contributed by atoms with Crippen LogP contribution in [-0.2, 0) is 4.79 Å². The molecule has 0 aliphatic carbocycles. The second kappa shape index (κ2) is 8.36. The van der Waals surface area contributed by atoms with E-state index >= 15 is 0 Å². The van der Waals surface area contributed by atoms with Gasteiger partial charge in [-0.05, 0) is 37.6 Å². The molecule has 1 aliphatic heterocycles. The number of amides is 2. The lowest BCUT2D eigenvalue weighted by Crippen LogP contribution is -2.37. The van der Waals surface area contributed by atoms with E-state index < -0.39 is 0 Å². The Balaban J connectivity index is 0.00000242. The molecular formula is C15H21Cl2N3O2. The number of anilines is 1. The summed E-state index contributed by atoms with van der Waals surface area (Å²) in [7, 11) is 3.33. The summed E-state index contributed by atoms with van der Waals surface area (Å²) in [5.41, 5.74) is 0.987. The zero-order chi connectivity index (χ0) is 15.4. The summed E-state index contributed by atoms with van der Waals surface area (Å²) in [5.74, 6) is -0.231. The van der Waals surface area contributed by atoms with Gasteiger partial charge in [0, 0.05) is 26.3 Å². The Morgan fingerprint density at radius 1 is 1.36 bits per heavy atom. The zero-order valence-electron chi connectivity index (χ0n) is 12.7. The zero-order valence-corrected chi connectivity index (χ0v) is 14.3. The number of halogens is 2. The molecule has 1 saturated heterocycles. The summed E-state index contributed by atoms with van der Waals surface area (Å²) in [6.45, 7) is 1.66. The lowest BCUT2D eigenvalue weighted by Gasteiger charge is -2.22. The first-order valence-electron chi connectivity index (χ1n) is 7.02. The number of carbonyl (C=O) groups is 2. The average Bonchev–Trinajstić information content (AvgIpc) is 2.49. The number of nitrogens with zero attached hydrogens (tertiary/aromatic N) is 1. The molecule has 7 heteroatoms. The first kappa shape index (κ1) is 18.7. The van der Waals surface area contributed by atoms with Crippen LogP contribution in [0.4, 0.5) is 5.69 Å². The fourth-order valence-corrected chi connectivity index (χ4v) is 2.53. The van der Waals surface area contributed by atoms with Gasteiger partial charge in [-0.25, -0.2) is 0 Å². The third kappa shape index (κ3) is 4.60. The number of hydrogen-bond acceptors (Lipinski definition) is 3. The summed E-state index contributed by atoms with van der Waals surface area (Å²) >= 11 is 6.05. The van der Waals surface area contributed by atoms with Crippen molar-refractivity contribution in [2.24, 2.45) is 5.92 Å². The van der Waals surface area contributed by atoms with Gasteiger partial charge in [-0.15, -0.1) is 12.4 Å². The van der Waals surface area contributed by atoms with Crippen LogP contribution in [0.15, 0.2) is 18.2 Å². The van der Waals surface area contributed by atoms with E-state index in [4.69, 9.17) is 11.6 Å². The molecule has 2 amide bonds. The van der Waals surface area contributed by atoms with Gasteiger partial charge in [0.05, 0.1) is 16.5 Å². The van der Waals surface area contributed by atoms with Gasteiger partial charge in [-0.3, -0.25) is 9.59 Å². The van der Waals surface area contributed by atoms with E-state index in [-0.39, 0.29) is 30.1 Å². The largest absolute Gasteiger partial charge is 0.345 e. The fraction of sp³-hybridized carbons (Fsp3) is 0.467. The lowest BCUT2D eigenvalue weighted by molar-refractivity contribution is -0.120. The third-order valence-corrected chi connectivity index (χ3v) is 3.87. The molecule has 22 heavy (non-hydrogen) atoms. The summed E-state index contributed by atoms with van der Waals surface area (Å²) in [5, 5.41) is 6.46. The SMILES string of the molecule is CN(C)C(=O)c1cc(NC(=O)[C@@H]2CCCNC2)ccc1Cl.Cl. The molecule has 0 saturated carbocycles. The molecule has 1 fully saturated rings. The Labute approximate surface area is 141 Å². The quantitative estimate of drug-likeness (QED) is 0.884. The van der Waals surface area contributed by atoms with E-state index in [1.54, 1.807) is 32.3 Å². The second-order valence-electron chi connectivity index (χ2n) is 5.43. The van der Waals surface area contributed by atoms with Gasteiger partial charge in [-0.2, -0.15) is 0 Å². The van der Waals surface area contributed by atoms with Crippen molar-refractivity contribution in [2.75, 3.05) is 32.5 Å². The molecule has 1 aliphatic rings. The normalized spacial score (nSPS) is 17.3. The van der Waals surface area contributed by atoms with Crippen molar-refractivity contribution in [2.45, 2.75) is 12.8 Å². The number of hydrogen-bond donors (Lipinski definition) is 2. The Hall–Kier alpha value is -1.30. The summed E-state index contributed by atoms with van der Waals surface area (Å²) < 4.78 is 0. The molecule has 122 valence electrons.